The summed E-state index contributed by atoms with van der Waals surface area (Å²) in [5, 5.41) is 31.7. The van der Waals surface area contributed by atoms with Crippen LogP contribution in [0.15, 0.2) is 0 Å². The number of rotatable bonds is 2. The molecule has 0 saturated heterocycles. The number of carboxylic acids is 3. The first-order chi connectivity index (χ1) is 6.59. The number of aliphatic carboxylic acids is 3. The Morgan fingerprint density at radius 2 is 1.25 bits per heavy atom. The zero-order valence-electron chi connectivity index (χ0n) is 8.04. The Bertz CT molecular complexity index is 209. The second kappa shape index (κ2) is 16.2. The third-order valence-corrected chi connectivity index (χ3v) is 0.264. The summed E-state index contributed by atoms with van der Waals surface area (Å²) in [5.74, 6) is -3.08. The molecule has 0 aliphatic rings. The fourth-order valence-corrected chi connectivity index (χ4v) is 0.110. The fraction of sp³-hybridized carbons (Fsp3) is 0.500. The SMILES string of the molecule is CC(=O)O.CC(=O)O.O=C(O)C[N+](=O)[O-].[NaH]. The van der Waals surface area contributed by atoms with Crippen molar-refractivity contribution < 1.29 is 34.6 Å². The molecule has 0 atom stereocenters. The number of nitro groups is 1. The molecule has 0 spiro atoms. The van der Waals surface area contributed by atoms with Gasteiger partial charge in [0, 0.05) is 18.8 Å². The molecule has 0 heterocycles. The molecule has 0 aliphatic carbocycles. The van der Waals surface area contributed by atoms with Crippen LogP contribution in [-0.4, -0.2) is 74.3 Å². The van der Waals surface area contributed by atoms with E-state index in [-0.39, 0.29) is 29.6 Å². The molecule has 10 heteroatoms. The van der Waals surface area contributed by atoms with Crippen LogP contribution in [0.3, 0.4) is 0 Å². The zero-order valence-corrected chi connectivity index (χ0v) is 8.04. The van der Waals surface area contributed by atoms with Crippen LogP contribution in [0.2, 0.25) is 0 Å². The van der Waals surface area contributed by atoms with E-state index in [2.05, 4.69) is 0 Å². The summed E-state index contributed by atoms with van der Waals surface area (Å²) in [7, 11) is 0. The molecular formula is C6H12NNaO8. The summed E-state index contributed by atoms with van der Waals surface area (Å²) >= 11 is 0. The third kappa shape index (κ3) is 226. The van der Waals surface area contributed by atoms with Gasteiger partial charge in [0.15, 0.2) is 0 Å². The van der Waals surface area contributed by atoms with Crippen molar-refractivity contribution in [3.05, 3.63) is 10.1 Å². The molecule has 0 aromatic carbocycles. The van der Waals surface area contributed by atoms with Crippen molar-refractivity contribution in [3.8, 4) is 0 Å². The van der Waals surface area contributed by atoms with Gasteiger partial charge in [0.25, 0.3) is 18.5 Å². The standard InChI is InChI=1S/C2H3NO4.2C2H4O2.Na.H/c4-2(5)1-3(6)7;2*1-2(3)4;;/h1H2,(H,4,5);2*1H3,(H,3,4);;. The maximum atomic E-state index is 9.37. The summed E-state index contributed by atoms with van der Waals surface area (Å²) in [5.41, 5.74) is 0. The van der Waals surface area contributed by atoms with Crippen LogP contribution in [-0.2, 0) is 14.4 Å². The second-order valence-corrected chi connectivity index (χ2v) is 1.92. The molecule has 90 valence electrons. The summed E-state index contributed by atoms with van der Waals surface area (Å²) in [4.78, 5) is 35.7. The Labute approximate surface area is 113 Å². The molecule has 0 unspecified atom stereocenters. The van der Waals surface area contributed by atoms with Gasteiger partial charge in [-0.25, -0.2) is 4.79 Å². The van der Waals surface area contributed by atoms with Crippen molar-refractivity contribution >= 4 is 47.5 Å². The van der Waals surface area contributed by atoms with Crippen LogP contribution in [0.4, 0.5) is 0 Å². The first kappa shape index (κ1) is 24.2. The van der Waals surface area contributed by atoms with Crippen molar-refractivity contribution in [2.24, 2.45) is 0 Å². The molecule has 0 aromatic rings. The molecule has 0 saturated carbocycles. The van der Waals surface area contributed by atoms with Crippen molar-refractivity contribution in [3.63, 3.8) is 0 Å². The van der Waals surface area contributed by atoms with E-state index in [9.17, 15) is 14.9 Å². The molecule has 9 nitrogen and oxygen atoms in total. The van der Waals surface area contributed by atoms with Gasteiger partial charge in [-0.2, -0.15) is 0 Å². The number of carbonyl (C=O) groups is 3. The third-order valence-electron chi connectivity index (χ3n) is 0.264. The molecule has 16 heavy (non-hydrogen) atoms. The van der Waals surface area contributed by atoms with Gasteiger partial charge in [-0.05, 0) is 0 Å². The molecule has 0 fully saturated rings. The van der Waals surface area contributed by atoms with Gasteiger partial charge in [0.2, 0.25) is 0 Å². The molecule has 0 bridgehead atoms. The summed E-state index contributed by atoms with van der Waals surface area (Å²) in [6.45, 7) is 1.17. The van der Waals surface area contributed by atoms with Crippen molar-refractivity contribution in [2.45, 2.75) is 13.8 Å². The fourth-order valence-electron chi connectivity index (χ4n) is 0.110. The predicted octanol–water partition coefficient (Wildman–Crippen LogP) is -1.12. The van der Waals surface area contributed by atoms with Crippen LogP contribution in [0, 0.1) is 10.1 Å². The molecular weight excluding hydrogens is 237 g/mol. The van der Waals surface area contributed by atoms with E-state index in [0.717, 1.165) is 13.8 Å². The average molecular weight is 249 g/mol. The van der Waals surface area contributed by atoms with Gasteiger partial charge in [-0.3, -0.25) is 19.7 Å². The quantitative estimate of drug-likeness (QED) is 0.315. The molecule has 0 amide bonds. The summed E-state index contributed by atoms with van der Waals surface area (Å²) < 4.78 is 0. The average Bonchev–Trinajstić information content (AvgIpc) is 1.78. The molecule has 0 rings (SSSR count). The van der Waals surface area contributed by atoms with E-state index >= 15 is 0 Å². The van der Waals surface area contributed by atoms with E-state index in [4.69, 9.17) is 24.9 Å². The van der Waals surface area contributed by atoms with Crippen LogP contribution < -0.4 is 0 Å². The first-order valence-corrected chi connectivity index (χ1v) is 3.32. The van der Waals surface area contributed by atoms with Gasteiger partial charge in [0.05, 0.1) is 0 Å². The van der Waals surface area contributed by atoms with Gasteiger partial charge < -0.3 is 15.3 Å². The van der Waals surface area contributed by atoms with E-state index in [1.165, 1.54) is 0 Å². The van der Waals surface area contributed by atoms with E-state index in [0.29, 0.717) is 0 Å². The second-order valence-electron chi connectivity index (χ2n) is 1.92. The number of hydrogen-bond donors (Lipinski definition) is 3. The Balaban J connectivity index is -0.0000000700. The molecule has 0 radical (unpaired) electrons. The van der Waals surface area contributed by atoms with Gasteiger partial charge in [0.1, 0.15) is 0 Å². The van der Waals surface area contributed by atoms with Gasteiger partial charge >= 0.3 is 35.5 Å². The molecule has 0 aliphatic heterocycles. The molecule has 3 N–H and O–H groups in total. The Kier molecular flexibility index (Phi) is 24.5. The monoisotopic (exact) mass is 249 g/mol. The maximum absolute atomic E-state index is 9.37. The Morgan fingerprint density at radius 3 is 1.25 bits per heavy atom. The number of hydrogen-bond acceptors (Lipinski definition) is 5. The van der Waals surface area contributed by atoms with Crippen molar-refractivity contribution in [1.29, 1.82) is 0 Å². The van der Waals surface area contributed by atoms with Gasteiger partial charge in [-0.1, -0.05) is 0 Å². The van der Waals surface area contributed by atoms with Crippen molar-refractivity contribution in [1.82, 2.24) is 0 Å². The Morgan fingerprint density at radius 1 is 1.06 bits per heavy atom. The van der Waals surface area contributed by atoms with Crippen LogP contribution in [0.25, 0.3) is 0 Å². The van der Waals surface area contributed by atoms with Gasteiger partial charge in [-0.15, -0.1) is 0 Å². The minimum absolute atomic E-state index is 0. The zero-order chi connectivity index (χ0) is 13.0. The number of carboxylic acid groups (broad SMARTS) is 3. The van der Waals surface area contributed by atoms with Crippen LogP contribution in [0.1, 0.15) is 13.8 Å². The number of nitrogens with zero attached hydrogens (tertiary/aromatic N) is 1. The van der Waals surface area contributed by atoms with E-state index in [1.807, 2.05) is 0 Å². The van der Waals surface area contributed by atoms with Crippen LogP contribution in [0.5, 0.6) is 0 Å². The topological polar surface area (TPSA) is 155 Å². The Hall–Kier alpha value is -1.19. The van der Waals surface area contributed by atoms with Crippen molar-refractivity contribution in [2.75, 3.05) is 6.54 Å². The minimum atomic E-state index is -1.41. The molecule has 0 aromatic heterocycles. The normalized spacial score (nSPS) is 6.62. The summed E-state index contributed by atoms with van der Waals surface area (Å²) in [6.07, 6.45) is 0. The summed E-state index contributed by atoms with van der Waals surface area (Å²) in [6, 6.07) is 0. The first-order valence-electron chi connectivity index (χ1n) is 3.32. The predicted molar refractivity (Wildman–Crippen MR) is 53.3 cm³/mol. The van der Waals surface area contributed by atoms with E-state index < -0.39 is 29.4 Å². The van der Waals surface area contributed by atoms with Crippen LogP contribution >= 0.6 is 0 Å². The van der Waals surface area contributed by atoms with E-state index in [1.54, 1.807) is 0 Å².